The molecule has 0 amide bonds. The molecule has 0 aliphatic carbocycles. The average molecular weight is 225 g/mol. The van der Waals surface area contributed by atoms with Crippen LogP contribution >= 0.6 is 11.3 Å². The van der Waals surface area contributed by atoms with Crippen molar-refractivity contribution in [3.05, 3.63) is 16.1 Å². The number of likely N-dealkylation sites (tertiary alicyclic amines) is 1. The quantitative estimate of drug-likeness (QED) is 0.850. The molecule has 1 unspecified atom stereocenters. The second-order valence-electron chi connectivity index (χ2n) is 4.23. The lowest BCUT2D eigenvalue weighted by atomic mass is 10.1. The Morgan fingerprint density at radius 3 is 3.13 bits per heavy atom. The highest BCUT2D eigenvalue weighted by Crippen LogP contribution is 2.21. The first-order valence-corrected chi connectivity index (χ1v) is 6.55. The second kappa shape index (κ2) is 5.05. The van der Waals surface area contributed by atoms with E-state index < -0.39 is 0 Å². The number of nitrogens with zero attached hydrogens (tertiary/aromatic N) is 2. The van der Waals surface area contributed by atoms with Crippen LogP contribution in [0.25, 0.3) is 0 Å². The third-order valence-electron chi connectivity index (χ3n) is 3.11. The predicted octanol–water partition coefficient (Wildman–Crippen LogP) is 1.83. The molecule has 0 saturated carbocycles. The van der Waals surface area contributed by atoms with Gasteiger partial charge in [0.05, 0.1) is 5.69 Å². The van der Waals surface area contributed by atoms with Crippen LogP contribution in [0.5, 0.6) is 0 Å². The molecule has 1 aliphatic rings. The smallest absolute Gasteiger partial charge is 0.106 e. The normalized spacial score (nSPS) is 22.4. The lowest BCUT2D eigenvalue weighted by Crippen LogP contribution is -2.20. The molecule has 15 heavy (non-hydrogen) atoms. The van der Waals surface area contributed by atoms with E-state index in [1.165, 1.54) is 31.6 Å². The number of hydrogen-bond acceptors (Lipinski definition) is 4. The Morgan fingerprint density at radius 1 is 1.67 bits per heavy atom. The van der Waals surface area contributed by atoms with Crippen molar-refractivity contribution in [2.24, 2.45) is 11.7 Å². The summed E-state index contributed by atoms with van der Waals surface area (Å²) in [5.74, 6) is 0.901. The highest BCUT2D eigenvalue weighted by molar-refractivity contribution is 7.09. The molecule has 1 aromatic heterocycles. The molecule has 1 fully saturated rings. The van der Waals surface area contributed by atoms with Crippen molar-refractivity contribution in [1.82, 2.24) is 9.88 Å². The molecule has 2 heterocycles. The first-order chi connectivity index (χ1) is 7.31. The van der Waals surface area contributed by atoms with E-state index >= 15 is 0 Å². The van der Waals surface area contributed by atoms with Crippen LogP contribution in [0, 0.1) is 5.92 Å². The number of hydrogen-bond donors (Lipinski definition) is 1. The van der Waals surface area contributed by atoms with Gasteiger partial charge in [-0.15, -0.1) is 11.3 Å². The van der Waals surface area contributed by atoms with Crippen LogP contribution in [-0.4, -0.2) is 23.0 Å². The Balaban J connectivity index is 1.87. The van der Waals surface area contributed by atoms with E-state index in [0.717, 1.165) is 17.5 Å². The van der Waals surface area contributed by atoms with E-state index in [4.69, 9.17) is 5.73 Å². The van der Waals surface area contributed by atoms with Crippen molar-refractivity contribution in [3.63, 3.8) is 0 Å². The molecule has 0 spiro atoms. The largest absolute Gasteiger partial charge is 0.325 e. The molecule has 0 bridgehead atoms. The van der Waals surface area contributed by atoms with Gasteiger partial charge in [-0.3, -0.25) is 4.90 Å². The highest BCUT2D eigenvalue weighted by atomic mass is 32.1. The molecule has 1 aliphatic heterocycles. The van der Waals surface area contributed by atoms with Gasteiger partial charge in [-0.25, -0.2) is 4.98 Å². The Morgan fingerprint density at radius 2 is 2.53 bits per heavy atom. The molecule has 0 radical (unpaired) electrons. The van der Waals surface area contributed by atoms with Crippen molar-refractivity contribution >= 4 is 11.3 Å². The zero-order chi connectivity index (χ0) is 10.7. The van der Waals surface area contributed by atoms with Gasteiger partial charge in [-0.2, -0.15) is 0 Å². The minimum absolute atomic E-state index is 0.572. The van der Waals surface area contributed by atoms with Gasteiger partial charge in [-0.1, -0.05) is 13.3 Å². The molecule has 0 aromatic carbocycles. The van der Waals surface area contributed by atoms with Crippen LogP contribution < -0.4 is 5.73 Å². The fourth-order valence-corrected chi connectivity index (χ4v) is 2.80. The molecule has 1 aromatic rings. The SMILES string of the molecule is CCC1CCN(Cc2csc(CN)n2)C1. The van der Waals surface area contributed by atoms with Crippen molar-refractivity contribution < 1.29 is 0 Å². The summed E-state index contributed by atoms with van der Waals surface area (Å²) < 4.78 is 0. The van der Waals surface area contributed by atoms with Crippen LogP contribution in [-0.2, 0) is 13.1 Å². The van der Waals surface area contributed by atoms with Crippen molar-refractivity contribution in [1.29, 1.82) is 0 Å². The molecule has 1 saturated heterocycles. The maximum atomic E-state index is 5.55. The summed E-state index contributed by atoms with van der Waals surface area (Å²) in [4.78, 5) is 7.00. The first kappa shape index (κ1) is 11.0. The number of nitrogens with two attached hydrogens (primary N) is 1. The van der Waals surface area contributed by atoms with Crippen LogP contribution in [0.15, 0.2) is 5.38 Å². The number of thiazole rings is 1. The van der Waals surface area contributed by atoms with Crippen LogP contribution in [0.1, 0.15) is 30.5 Å². The number of rotatable bonds is 4. The number of aromatic nitrogens is 1. The molecule has 2 rings (SSSR count). The Bertz CT molecular complexity index is 311. The van der Waals surface area contributed by atoms with Gasteiger partial charge in [0.25, 0.3) is 0 Å². The molecular weight excluding hydrogens is 206 g/mol. The third-order valence-corrected chi connectivity index (χ3v) is 4.03. The standard InChI is InChI=1S/C11H19N3S/c1-2-9-3-4-14(6-9)7-10-8-15-11(5-12)13-10/h8-9H,2-7,12H2,1H3. The average Bonchev–Trinajstić information content (AvgIpc) is 2.87. The Kier molecular flexibility index (Phi) is 3.72. The summed E-state index contributed by atoms with van der Waals surface area (Å²) in [6, 6.07) is 0. The van der Waals surface area contributed by atoms with E-state index in [1.54, 1.807) is 11.3 Å². The molecule has 4 heteroatoms. The maximum absolute atomic E-state index is 5.55. The fourth-order valence-electron chi connectivity index (χ4n) is 2.13. The van der Waals surface area contributed by atoms with Gasteiger partial charge in [0.2, 0.25) is 0 Å². The van der Waals surface area contributed by atoms with E-state index in [1.807, 2.05) is 0 Å². The summed E-state index contributed by atoms with van der Waals surface area (Å²) in [6.45, 7) is 6.33. The lowest BCUT2D eigenvalue weighted by Gasteiger charge is -2.13. The predicted molar refractivity (Wildman–Crippen MR) is 63.7 cm³/mol. The van der Waals surface area contributed by atoms with Crippen molar-refractivity contribution in [2.45, 2.75) is 32.9 Å². The summed E-state index contributed by atoms with van der Waals surface area (Å²) in [5, 5.41) is 3.19. The molecule has 2 N–H and O–H groups in total. The summed E-state index contributed by atoms with van der Waals surface area (Å²) in [5.41, 5.74) is 6.74. The summed E-state index contributed by atoms with van der Waals surface area (Å²) in [7, 11) is 0. The van der Waals surface area contributed by atoms with Crippen molar-refractivity contribution in [2.75, 3.05) is 13.1 Å². The highest BCUT2D eigenvalue weighted by Gasteiger charge is 2.21. The second-order valence-corrected chi connectivity index (χ2v) is 5.18. The Labute approximate surface area is 95.3 Å². The van der Waals surface area contributed by atoms with Crippen LogP contribution in [0.2, 0.25) is 0 Å². The molecule has 1 atom stereocenters. The summed E-state index contributed by atoms with van der Waals surface area (Å²) >= 11 is 1.68. The van der Waals surface area contributed by atoms with Gasteiger partial charge in [0.15, 0.2) is 0 Å². The topological polar surface area (TPSA) is 42.1 Å². The van der Waals surface area contributed by atoms with Gasteiger partial charge in [0, 0.05) is 25.0 Å². The summed E-state index contributed by atoms with van der Waals surface area (Å²) in [6.07, 6.45) is 2.66. The minimum atomic E-state index is 0.572. The van der Waals surface area contributed by atoms with Gasteiger partial charge < -0.3 is 5.73 Å². The zero-order valence-electron chi connectivity index (χ0n) is 9.28. The third kappa shape index (κ3) is 2.77. The first-order valence-electron chi connectivity index (χ1n) is 5.67. The molecular formula is C11H19N3S. The van der Waals surface area contributed by atoms with Gasteiger partial charge in [-0.05, 0) is 18.9 Å². The van der Waals surface area contributed by atoms with Gasteiger partial charge in [0.1, 0.15) is 5.01 Å². The Hall–Kier alpha value is -0.450. The lowest BCUT2D eigenvalue weighted by molar-refractivity contribution is 0.312. The van der Waals surface area contributed by atoms with Crippen LogP contribution in [0.3, 0.4) is 0 Å². The van der Waals surface area contributed by atoms with E-state index in [9.17, 15) is 0 Å². The molecule has 3 nitrogen and oxygen atoms in total. The fraction of sp³-hybridized carbons (Fsp3) is 0.727. The van der Waals surface area contributed by atoms with E-state index in [-0.39, 0.29) is 0 Å². The van der Waals surface area contributed by atoms with E-state index in [2.05, 4.69) is 22.2 Å². The van der Waals surface area contributed by atoms with Crippen molar-refractivity contribution in [3.8, 4) is 0 Å². The van der Waals surface area contributed by atoms with Gasteiger partial charge >= 0.3 is 0 Å². The van der Waals surface area contributed by atoms with E-state index in [0.29, 0.717) is 6.54 Å². The maximum Gasteiger partial charge on any atom is 0.106 e. The van der Waals surface area contributed by atoms with Crippen LogP contribution in [0.4, 0.5) is 0 Å². The molecule has 84 valence electrons. The zero-order valence-corrected chi connectivity index (χ0v) is 10.1. The monoisotopic (exact) mass is 225 g/mol. The minimum Gasteiger partial charge on any atom is -0.325 e.